The Hall–Kier alpha value is -2.83. The molecule has 0 aromatic carbocycles. The van der Waals surface area contributed by atoms with Crippen LogP contribution in [0.3, 0.4) is 0 Å². The standard InChI is InChI=1S/C75H133NO13/c1-3-5-7-9-11-13-15-17-19-21-23-24-25-26-27-28-29-30-31-32-33-34-35-36-37-38-39-40-41-43-45-47-49-51-53-55-57-59-67(80)76-63(64(79)58-56-54-52-50-48-46-44-42-22-20-18-16-14-12-10-8-6-4-2)62-86-74-72(85)70(83)73(66(61-78)88-74)89-75-71(84)69(82)68(81)65(60-77)87-75/h5,7,11,13,17,19,23-24,26-27,29-30,32-33,63-66,68-75,77-79,81-85H,3-4,6,8-10,12,14-16,18,20-22,25,28,31,34-62H2,1-2H3,(H,76,80)/b7-5-,13-11-,19-17-,24-23-,27-26-,30-29-,33-32-. The van der Waals surface area contributed by atoms with Gasteiger partial charge in [-0.25, -0.2) is 0 Å². The van der Waals surface area contributed by atoms with Crippen LogP contribution in [0.2, 0.25) is 0 Å². The lowest BCUT2D eigenvalue weighted by Crippen LogP contribution is -2.65. The van der Waals surface area contributed by atoms with E-state index in [4.69, 9.17) is 18.9 Å². The van der Waals surface area contributed by atoms with E-state index in [2.05, 4.69) is 104 Å². The molecule has 0 aromatic heterocycles. The minimum absolute atomic E-state index is 0.206. The summed E-state index contributed by atoms with van der Waals surface area (Å²) in [4.78, 5) is 13.4. The summed E-state index contributed by atoms with van der Waals surface area (Å²) >= 11 is 0. The highest BCUT2D eigenvalue weighted by molar-refractivity contribution is 5.76. The lowest BCUT2D eigenvalue weighted by Gasteiger charge is -2.46. The third-order valence-corrected chi connectivity index (χ3v) is 17.4. The second-order valence-electron chi connectivity index (χ2n) is 25.3. The SMILES string of the molecule is CC/C=C\C/C=C\C/C=C\C/C=C\C/C=C\C/C=C\C/C=C\CCCCCCCCCCCCCCCCCC(=O)NC(COC1OC(CO)C(OC2OC(CO)C(O)C(O)C2O)C(O)C1O)C(O)CCCCCCCCCCCCCCCCCCCC. The Morgan fingerprint density at radius 1 is 0.416 bits per heavy atom. The number of aliphatic hydroxyl groups excluding tert-OH is 8. The van der Waals surface area contributed by atoms with Gasteiger partial charge in [-0.2, -0.15) is 0 Å². The maximum atomic E-state index is 13.4. The highest BCUT2D eigenvalue weighted by atomic mass is 16.7. The van der Waals surface area contributed by atoms with E-state index in [0.717, 1.165) is 96.3 Å². The normalized spacial score (nSPS) is 23.5. The Balaban J connectivity index is 1.61. The zero-order chi connectivity index (χ0) is 64.5. The molecule has 0 aliphatic carbocycles. The Labute approximate surface area is 541 Å². The predicted molar refractivity (Wildman–Crippen MR) is 364 cm³/mol. The second-order valence-corrected chi connectivity index (χ2v) is 25.3. The van der Waals surface area contributed by atoms with Crippen LogP contribution < -0.4 is 5.32 Å². The highest BCUT2D eigenvalue weighted by Gasteiger charge is 2.51. The molecule has 2 heterocycles. The molecule has 2 fully saturated rings. The van der Waals surface area contributed by atoms with Crippen LogP contribution >= 0.6 is 0 Å². The Morgan fingerprint density at radius 3 is 1.19 bits per heavy atom. The minimum atomic E-state index is -1.78. The molecule has 9 N–H and O–H groups in total. The summed E-state index contributed by atoms with van der Waals surface area (Å²) in [5.74, 6) is -0.206. The number of carbonyl (C=O) groups excluding carboxylic acids is 1. The van der Waals surface area contributed by atoms with Crippen molar-refractivity contribution in [1.29, 1.82) is 0 Å². The van der Waals surface area contributed by atoms with Crippen LogP contribution in [0.4, 0.5) is 0 Å². The molecule has 0 spiro atoms. The first kappa shape index (κ1) is 82.3. The van der Waals surface area contributed by atoms with Crippen molar-refractivity contribution in [2.24, 2.45) is 0 Å². The fourth-order valence-corrected chi connectivity index (χ4v) is 11.6. The molecule has 89 heavy (non-hydrogen) atoms. The van der Waals surface area contributed by atoms with Gasteiger partial charge < -0.3 is 65.1 Å². The molecule has 0 radical (unpaired) electrons. The zero-order valence-electron chi connectivity index (χ0n) is 56.2. The van der Waals surface area contributed by atoms with Gasteiger partial charge in [0.25, 0.3) is 0 Å². The summed E-state index contributed by atoms with van der Waals surface area (Å²) in [5, 5.41) is 87.6. The number of unbranched alkanes of at least 4 members (excludes halogenated alkanes) is 32. The van der Waals surface area contributed by atoms with E-state index in [1.165, 1.54) is 167 Å². The van der Waals surface area contributed by atoms with Crippen molar-refractivity contribution in [1.82, 2.24) is 5.32 Å². The van der Waals surface area contributed by atoms with E-state index >= 15 is 0 Å². The van der Waals surface area contributed by atoms with Gasteiger partial charge in [0.15, 0.2) is 12.6 Å². The van der Waals surface area contributed by atoms with Crippen molar-refractivity contribution in [3.05, 3.63) is 85.1 Å². The fourth-order valence-electron chi connectivity index (χ4n) is 11.6. The summed E-state index contributed by atoms with van der Waals surface area (Å²) in [6.45, 7) is 2.77. The summed E-state index contributed by atoms with van der Waals surface area (Å²) in [6, 6.07) is -0.833. The van der Waals surface area contributed by atoms with Gasteiger partial charge in [0.1, 0.15) is 48.8 Å². The summed E-state index contributed by atoms with van der Waals surface area (Å²) < 4.78 is 22.9. The summed E-state index contributed by atoms with van der Waals surface area (Å²) in [6.07, 6.45) is 64.5. The number of nitrogens with one attached hydrogen (secondary N) is 1. The number of aliphatic hydroxyl groups is 8. The first-order chi connectivity index (χ1) is 43.6. The van der Waals surface area contributed by atoms with Crippen LogP contribution in [0.5, 0.6) is 0 Å². The second kappa shape index (κ2) is 59.0. The van der Waals surface area contributed by atoms with Crippen molar-refractivity contribution >= 4 is 5.91 Å². The molecule has 12 unspecified atom stereocenters. The van der Waals surface area contributed by atoms with E-state index < -0.39 is 86.8 Å². The summed E-state index contributed by atoms with van der Waals surface area (Å²) in [5.41, 5.74) is 0. The van der Waals surface area contributed by atoms with Gasteiger partial charge in [0.2, 0.25) is 5.91 Å². The van der Waals surface area contributed by atoms with Gasteiger partial charge in [0, 0.05) is 6.42 Å². The number of ether oxygens (including phenoxy) is 4. The topological polar surface area (TPSA) is 228 Å². The smallest absolute Gasteiger partial charge is 0.220 e. The van der Waals surface area contributed by atoms with Crippen LogP contribution in [0.15, 0.2) is 85.1 Å². The van der Waals surface area contributed by atoms with Crippen molar-refractivity contribution in [2.75, 3.05) is 19.8 Å². The van der Waals surface area contributed by atoms with Gasteiger partial charge in [-0.15, -0.1) is 0 Å². The minimum Gasteiger partial charge on any atom is -0.394 e. The number of hydrogen-bond acceptors (Lipinski definition) is 13. The monoisotopic (exact) mass is 1260 g/mol. The third-order valence-electron chi connectivity index (χ3n) is 17.4. The molecule has 14 heteroatoms. The number of hydrogen-bond donors (Lipinski definition) is 9. The highest BCUT2D eigenvalue weighted by Crippen LogP contribution is 2.30. The lowest BCUT2D eigenvalue weighted by molar-refractivity contribution is -0.359. The lowest BCUT2D eigenvalue weighted by atomic mass is 9.97. The number of carbonyl (C=O) groups is 1. The fraction of sp³-hybridized carbons (Fsp3) is 0.800. The molecule has 516 valence electrons. The molecule has 2 saturated heterocycles. The molecule has 2 aliphatic heterocycles. The largest absolute Gasteiger partial charge is 0.394 e. The Morgan fingerprint density at radius 2 is 0.775 bits per heavy atom. The Kier molecular flexibility index (Phi) is 54.5. The quantitative estimate of drug-likeness (QED) is 0.0204. The molecular formula is C75H133NO13. The van der Waals surface area contributed by atoms with Crippen LogP contribution in [0, 0.1) is 0 Å². The molecular weight excluding hydrogens is 1120 g/mol. The van der Waals surface area contributed by atoms with E-state index in [1.54, 1.807) is 0 Å². The van der Waals surface area contributed by atoms with Gasteiger partial charge >= 0.3 is 0 Å². The molecule has 0 bridgehead atoms. The number of rotatable bonds is 59. The van der Waals surface area contributed by atoms with Gasteiger partial charge in [-0.1, -0.05) is 298 Å². The Bertz CT molecular complexity index is 1820. The van der Waals surface area contributed by atoms with Crippen molar-refractivity contribution in [3.63, 3.8) is 0 Å². The maximum Gasteiger partial charge on any atom is 0.220 e. The first-order valence-electron chi connectivity index (χ1n) is 36.3. The van der Waals surface area contributed by atoms with E-state index in [1.807, 2.05) is 0 Å². The zero-order valence-corrected chi connectivity index (χ0v) is 56.2. The predicted octanol–water partition coefficient (Wildman–Crippen LogP) is 15.2. The van der Waals surface area contributed by atoms with Crippen LogP contribution in [0.25, 0.3) is 0 Å². The maximum absolute atomic E-state index is 13.4. The van der Waals surface area contributed by atoms with Crippen LogP contribution in [-0.4, -0.2) is 140 Å². The van der Waals surface area contributed by atoms with Crippen molar-refractivity contribution in [2.45, 2.75) is 364 Å². The molecule has 14 nitrogen and oxygen atoms in total. The van der Waals surface area contributed by atoms with Crippen LogP contribution in [-0.2, 0) is 23.7 Å². The van der Waals surface area contributed by atoms with E-state index in [-0.39, 0.29) is 12.5 Å². The molecule has 0 aromatic rings. The number of allylic oxidation sites excluding steroid dienone is 14. The number of amides is 1. The first-order valence-corrected chi connectivity index (χ1v) is 36.3. The molecule has 0 saturated carbocycles. The van der Waals surface area contributed by atoms with Crippen molar-refractivity contribution in [3.8, 4) is 0 Å². The third kappa shape index (κ3) is 42.9. The van der Waals surface area contributed by atoms with Crippen LogP contribution in [0.1, 0.15) is 290 Å². The average molecular weight is 1260 g/mol. The molecule has 2 rings (SSSR count). The van der Waals surface area contributed by atoms with Gasteiger partial charge in [-0.3, -0.25) is 4.79 Å². The molecule has 12 atom stereocenters. The van der Waals surface area contributed by atoms with Crippen molar-refractivity contribution < 1.29 is 64.6 Å². The average Bonchev–Trinajstić information content (AvgIpc) is 1.44. The molecule has 1 amide bonds. The summed E-state index contributed by atoms with van der Waals surface area (Å²) in [7, 11) is 0. The molecule has 2 aliphatic rings. The van der Waals surface area contributed by atoms with Gasteiger partial charge in [0.05, 0.1) is 32.0 Å². The van der Waals surface area contributed by atoms with E-state index in [0.29, 0.717) is 12.8 Å². The van der Waals surface area contributed by atoms with E-state index in [9.17, 15) is 45.6 Å². The van der Waals surface area contributed by atoms with Gasteiger partial charge in [-0.05, 0) is 70.6 Å².